The van der Waals surface area contributed by atoms with Gasteiger partial charge in [0.1, 0.15) is 6.04 Å². The fourth-order valence-electron chi connectivity index (χ4n) is 5.06. The predicted molar refractivity (Wildman–Crippen MR) is 103 cm³/mol. The molecule has 2 amide bonds. The molecule has 5 nitrogen and oxygen atoms in total. The molecule has 2 aromatic carbocycles. The highest BCUT2D eigenvalue weighted by Crippen LogP contribution is 2.49. The van der Waals surface area contributed by atoms with Crippen LogP contribution in [0.5, 0.6) is 0 Å². The van der Waals surface area contributed by atoms with Crippen molar-refractivity contribution in [1.82, 2.24) is 10.0 Å². The number of carbonyl (C=O) groups excluding carboxylic acids is 2. The standard InChI is InChI=1S/C22H23N3O2/c1-14-9-10-17(15(2)13-14)25-21(26)18-19(16-7-4-3-5-8-16)23-11-6-12-24(23)20(18)22(25)27/h3-5,7-10,13,18-20H,6,11-12H2,1-2H3/t18-,19+,20+/m0/s1. The Hall–Kier alpha value is -2.50. The zero-order valence-electron chi connectivity index (χ0n) is 15.6. The molecule has 3 heterocycles. The van der Waals surface area contributed by atoms with Crippen LogP contribution in [0.3, 0.4) is 0 Å². The lowest BCUT2D eigenvalue weighted by Crippen LogP contribution is -2.44. The van der Waals surface area contributed by atoms with Gasteiger partial charge in [-0.05, 0) is 37.5 Å². The Morgan fingerprint density at radius 2 is 1.56 bits per heavy atom. The molecule has 0 saturated carbocycles. The van der Waals surface area contributed by atoms with E-state index in [-0.39, 0.29) is 29.8 Å². The van der Waals surface area contributed by atoms with Gasteiger partial charge in [0.25, 0.3) is 5.91 Å². The Labute approximate surface area is 159 Å². The van der Waals surface area contributed by atoms with E-state index in [1.54, 1.807) is 0 Å². The molecule has 3 fully saturated rings. The summed E-state index contributed by atoms with van der Waals surface area (Å²) in [6.45, 7) is 5.72. The number of fused-ring (bicyclic) bond motifs is 3. The van der Waals surface area contributed by atoms with Crippen LogP contribution in [0.1, 0.15) is 29.2 Å². The highest BCUT2D eigenvalue weighted by atomic mass is 16.2. The maximum atomic E-state index is 13.5. The Kier molecular flexibility index (Phi) is 3.71. The molecule has 3 saturated heterocycles. The third kappa shape index (κ3) is 2.32. The Morgan fingerprint density at radius 3 is 2.26 bits per heavy atom. The maximum absolute atomic E-state index is 13.5. The van der Waals surface area contributed by atoms with Crippen LogP contribution >= 0.6 is 0 Å². The number of amides is 2. The molecule has 3 atom stereocenters. The van der Waals surface area contributed by atoms with Crippen molar-refractivity contribution >= 4 is 17.5 Å². The van der Waals surface area contributed by atoms with Crippen LogP contribution in [0, 0.1) is 19.8 Å². The number of hydrazine groups is 1. The molecule has 0 bridgehead atoms. The van der Waals surface area contributed by atoms with Crippen molar-refractivity contribution in [2.75, 3.05) is 18.0 Å². The third-order valence-electron chi connectivity index (χ3n) is 6.14. The van der Waals surface area contributed by atoms with E-state index in [0.29, 0.717) is 0 Å². The summed E-state index contributed by atoms with van der Waals surface area (Å²) in [7, 11) is 0. The molecular weight excluding hydrogens is 338 g/mol. The molecule has 0 spiro atoms. The van der Waals surface area contributed by atoms with Crippen molar-refractivity contribution in [3.63, 3.8) is 0 Å². The molecule has 2 aromatic rings. The van der Waals surface area contributed by atoms with E-state index in [1.807, 2.05) is 50.2 Å². The zero-order chi connectivity index (χ0) is 18.7. The molecular formula is C22H23N3O2. The second-order valence-electron chi connectivity index (χ2n) is 7.81. The second kappa shape index (κ2) is 6.01. The minimum atomic E-state index is -0.383. The first-order valence-electron chi connectivity index (χ1n) is 9.61. The highest BCUT2D eigenvalue weighted by molar-refractivity contribution is 6.24. The summed E-state index contributed by atoms with van der Waals surface area (Å²) in [6.07, 6.45) is 1.03. The van der Waals surface area contributed by atoms with Gasteiger partial charge in [0, 0.05) is 13.1 Å². The Bertz CT molecular complexity index is 926. The molecule has 27 heavy (non-hydrogen) atoms. The lowest BCUT2D eigenvalue weighted by atomic mass is 9.90. The van der Waals surface area contributed by atoms with Crippen molar-refractivity contribution in [2.24, 2.45) is 5.92 Å². The van der Waals surface area contributed by atoms with E-state index in [9.17, 15) is 9.59 Å². The number of rotatable bonds is 2. The molecule has 0 N–H and O–H groups in total. The monoisotopic (exact) mass is 361 g/mol. The van der Waals surface area contributed by atoms with Gasteiger partial charge in [-0.2, -0.15) is 0 Å². The lowest BCUT2D eigenvalue weighted by Gasteiger charge is -2.30. The maximum Gasteiger partial charge on any atom is 0.253 e. The van der Waals surface area contributed by atoms with E-state index in [4.69, 9.17) is 0 Å². The molecule has 138 valence electrons. The second-order valence-corrected chi connectivity index (χ2v) is 7.81. The molecule has 0 aliphatic carbocycles. The van der Waals surface area contributed by atoms with E-state index >= 15 is 0 Å². The van der Waals surface area contributed by atoms with Crippen molar-refractivity contribution in [3.8, 4) is 0 Å². The minimum Gasteiger partial charge on any atom is -0.274 e. The number of carbonyl (C=O) groups is 2. The van der Waals surface area contributed by atoms with Crippen LogP contribution in [-0.4, -0.2) is 41.0 Å². The van der Waals surface area contributed by atoms with Gasteiger partial charge in [0.2, 0.25) is 5.91 Å². The molecule has 3 aliphatic heterocycles. The van der Waals surface area contributed by atoms with Gasteiger partial charge in [-0.1, -0.05) is 48.0 Å². The first-order valence-corrected chi connectivity index (χ1v) is 9.61. The fourth-order valence-corrected chi connectivity index (χ4v) is 5.06. The lowest BCUT2D eigenvalue weighted by molar-refractivity contribution is -0.126. The van der Waals surface area contributed by atoms with Crippen molar-refractivity contribution in [1.29, 1.82) is 0 Å². The topological polar surface area (TPSA) is 43.9 Å². The van der Waals surface area contributed by atoms with Gasteiger partial charge in [-0.3, -0.25) is 9.59 Å². The van der Waals surface area contributed by atoms with Crippen LogP contribution in [0.25, 0.3) is 0 Å². The summed E-state index contributed by atoms with van der Waals surface area (Å²) < 4.78 is 0. The largest absolute Gasteiger partial charge is 0.274 e. The molecule has 3 aliphatic rings. The van der Waals surface area contributed by atoms with Gasteiger partial charge in [-0.15, -0.1) is 0 Å². The van der Waals surface area contributed by atoms with Crippen LogP contribution in [0.4, 0.5) is 5.69 Å². The van der Waals surface area contributed by atoms with Crippen LogP contribution in [0.15, 0.2) is 48.5 Å². The summed E-state index contributed by atoms with van der Waals surface area (Å²) in [5, 5.41) is 4.39. The molecule has 5 heteroatoms. The zero-order valence-corrected chi connectivity index (χ0v) is 15.6. The SMILES string of the molecule is Cc1ccc(N2C(=O)[C@H]3[C@@H](c4ccccc4)N4CCCN4[C@H]3C2=O)c(C)c1. The van der Waals surface area contributed by atoms with Crippen molar-refractivity contribution in [3.05, 3.63) is 65.2 Å². The number of aryl methyl sites for hydroxylation is 2. The number of nitrogens with zero attached hydrogens (tertiary/aromatic N) is 3. The number of hydrogen-bond donors (Lipinski definition) is 0. The summed E-state index contributed by atoms with van der Waals surface area (Å²) in [5.74, 6) is -0.497. The van der Waals surface area contributed by atoms with Crippen molar-refractivity contribution < 1.29 is 9.59 Å². The summed E-state index contributed by atoms with van der Waals surface area (Å²) in [6, 6.07) is 15.6. The van der Waals surface area contributed by atoms with Gasteiger partial charge in [-0.25, -0.2) is 14.9 Å². The Morgan fingerprint density at radius 1 is 0.852 bits per heavy atom. The third-order valence-corrected chi connectivity index (χ3v) is 6.14. The van der Waals surface area contributed by atoms with Gasteiger partial charge in [0.15, 0.2) is 0 Å². The minimum absolute atomic E-state index is 0.0640. The quantitative estimate of drug-likeness (QED) is 0.772. The van der Waals surface area contributed by atoms with Crippen LogP contribution in [0.2, 0.25) is 0 Å². The van der Waals surface area contributed by atoms with Crippen LogP contribution < -0.4 is 4.90 Å². The molecule has 0 unspecified atom stereocenters. The van der Waals surface area contributed by atoms with Gasteiger partial charge < -0.3 is 0 Å². The average Bonchev–Trinajstić information content (AvgIpc) is 3.29. The van der Waals surface area contributed by atoms with E-state index in [1.165, 1.54) is 4.90 Å². The first kappa shape index (κ1) is 16.7. The number of hydrogen-bond acceptors (Lipinski definition) is 4. The molecule has 5 rings (SSSR count). The van der Waals surface area contributed by atoms with Gasteiger partial charge in [0.05, 0.1) is 17.6 Å². The average molecular weight is 361 g/mol. The predicted octanol–water partition coefficient (Wildman–Crippen LogP) is 2.84. The number of anilines is 1. The van der Waals surface area contributed by atoms with E-state index < -0.39 is 0 Å². The summed E-state index contributed by atoms with van der Waals surface area (Å²) >= 11 is 0. The van der Waals surface area contributed by atoms with Crippen LogP contribution in [-0.2, 0) is 9.59 Å². The number of imide groups is 1. The smallest absolute Gasteiger partial charge is 0.253 e. The van der Waals surface area contributed by atoms with Crippen molar-refractivity contribution in [2.45, 2.75) is 32.4 Å². The normalized spacial score (nSPS) is 28.1. The molecule has 0 aromatic heterocycles. The summed E-state index contributed by atoms with van der Waals surface area (Å²) in [4.78, 5) is 28.3. The van der Waals surface area contributed by atoms with E-state index in [2.05, 4.69) is 22.2 Å². The first-order chi connectivity index (χ1) is 13.1. The highest BCUT2D eigenvalue weighted by Gasteiger charge is 2.62. The fraction of sp³-hybridized carbons (Fsp3) is 0.364. The van der Waals surface area contributed by atoms with Gasteiger partial charge >= 0.3 is 0 Å². The summed E-state index contributed by atoms with van der Waals surface area (Å²) in [5.41, 5.74) is 3.93. The number of benzene rings is 2. The van der Waals surface area contributed by atoms with E-state index in [0.717, 1.165) is 41.9 Å². The molecule has 0 radical (unpaired) electrons. The Balaban J connectivity index is 1.60.